The molecule has 1 aromatic carbocycles. The number of carbonyl (C=O) groups is 1. The van der Waals surface area contributed by atoms with Crippen LogP contribution in [0.3, 0.4) is 0 Å². The molecule has 4 nitrogen and oxygen atoms in total. The van der Waals surface area contributed by atoms with Crippen LogP contribution in [0.4, 0.5) is 0 Å². The number of benzene rings is 1. The van der Waals surface area contributed by atoms with E-state index in [0.29, 0.717) is 18.7 Å². The van der Waals surface area contributed by atoms with Gasteiger partial charge in [-0.2, -0.15) is 0 Å². The van der Waals surface area contributed by atoms with E-state index in [0.717, 1.165) is 41.3 Å². The number of likely N-dealkylation sites (tertiary alicyclic amines) is 1. The molecule has 21 heavy (non-hydrogen) atoms. The highest BCUT2D eigenvalue weighted by molar-refractivity contribution is 9.11. The predicted molar refractivity (Wildman–Crippen MR) is 90.4 cm³/mol. The smallest absolute Gasteiger partial charge is 0.253 e. The average Bonchev–Trinajstić information content (AvgIpc) is 2.46. The summed E-state index contributed by atoms with van der Waals surface area (Å²) in [5.41, 5.74) is 6.16. The van der Waals surface area contributed by atoms with Gasteiger partial charge in [0.05, 0.1) is 6.10 Å². The maximum absolute atomic E-state index is 12.5. The van der Waals surface area contributed by atoms with Crippen molar-refractivity contribution in [1.29, 1.82) is 0 Å². The topological polar surface area (TPSA) is 55.6 Å². The van der Waals surface area contributed by atoms with Gasteiger partial charge in [0.1, 0.15) is 0 Å². The Kier molecular flexibility index (Phi) is 6.67. The van der Waals surface area contributed by atoms with Gasteiger partial charge in [0.2, 0.25) is 0 Å². The summed E-state index contributed by atoms with van der Waals surface area (Å²) >= 11 is 6.84. The molecule has 0 bridgehead atoms. The van der Waals surface area contributed by atoms with E-state index in [-0.39, 0.29) is 12.0 Å². The molecule has 1 saturated heterocycles. The van der Waals surface area contributed by atoms with Crippen LogP contribution in [0, 0.1) is 0 Å². The van der Waals surface area contributed by atoms with Crippen molar-refractivity contribution in [3.05, 3.63) is 32.7 Å². The Balaban J connectivity index is 1.88. The zero-order valence-electron chi connectivity index (χ0n) is 11.9. The van der Waals surface area contributed by atoms with Crippen molar-refractivity contribution in [1.82, 2.24) is 4.90 Å². The van der Waals surface area contributed by atoms with Crippen molar-refractivity contribution in [2.24, 2.45) is 5.73 Å². The predicted octanol–water partition coefficient (Wildman–Crippen LogP) is 3.18. The summed E-state index contributed by atoms with van der Waals surface area (Å²) in [5, 5.41) is 0. The molecule has 0 aromatic heterocycles. The number of hydrogen-bond donors (Lipinski definition) is 1. The van der Waals surface area contributed by atoms with Crippen LogP contribution in [-0.2, 0) is 4.74 Å². The quantitative estimate of drug-likeness (QED) is 0.745. The molecule has 1 aromatic rings. The minimum Gasteiger partial charge on any atom is -0.378 e. The van der Waals surface area contributed by atoms with E-state index in [2.05, 4.69) is 31.9 Å². The lowest BCUT2D eigenvalue weighted by Crippen LogP contribution is -2.41. The summed E-state index contributed by atoms with van der Waals surface area (Å²) in [7, 11) is 0. The fourth-order valence-corrected chi connectivity index (χ4v) is 3.71. The van der Waals surface area contributed by atoms with Crippen LogP contribution in [0.15, 0.2) is 27.1 Å². The summed E-state index contributed by atoms with van der Waals surface area (Å²) in [5.74, 6) is 0.0809. The van der Waals surface area contributed by atoms with Gasteiger partial charge < -0.3 is 15.4 Å². The lowest BCUT2D eigenvalue weighted by atomic mass is 10.1. The second kappa shape index (κ2) is 8.27. The SMILES string of the molecule is NCCCOC1CCN(C(=O)c2cc(Br)cc(Br)c2)CC1. The molecule has 1 fully saturated rings. The standard InChI is InChI=1S/C15H20Br2N2O2/c16-12-8-11(9-13(17)10-12)15(20)19-5-2-14(3-6-19)21-7-1-4-18/h8-10,14H,1-7,18H2. The fraction of sp³-hybridized carbons (Fsp3) is 0.533. The molecule has 1 aliphatic rings. The Labute approximate surface area is 142 Å². The summed E-state index contributed by atoms with van der Waals surface area (Å²) in [6, 6.07) is 5.64. The lowest BCUT2D eigenvalue weighted by Gasteiger charge is -2.32. The first-order chi connectivity index (χ1) is 10.1. The van der Waals surface area contributed by atoms with Gasteiger partial charge in [-0.15, -0.1) is 0 Å². The molecule has 2 N–H and O–H groups in total. The van der Waals surface area contributed by atoms with Crippen molar-refractivity contribution >= 4 is 37.8 Å². The number of halogens is 2. The third-order valence-corrected chi connectivity index (χ3v) is 4.46. The highest BCUT2D eigenvalue weighted by Crippen LogP contribution is 2.23. The second-order valence-corrected chi connectivity index (χ2v) is 6.99. The highest BCUT2D eigenvalue weighted by Gasteiger charge is 2.24. The van der Waals surface area contributed by atoms with Gasteiger partial charge in [-0.1, -0.05) is 31.9 Å². The van der Waals surface area contributed by atoms with Gasteiger partial charge >= 0.3 is 0 Å². The Hall–Kier alpha value is -0.430. The second-order valence-electron chi connectivity index (χ2n) is 5.16. The molecule has 0 spiro atoms. The van der Waals surface area contributed by atoms with Crippen molar-refractivity contribution in [3.63, 3.8) is 0 Å². The number of hydrogen-bond acceptors (Lipinski definition) is 3. The number of piperidine rings is 1. The van der Waals surface area contributed by atoms with E-state index in [1.165, 1.54) is 0 Å². The van der Waals surface area contributed by atoms with E-state index in [9.17, 15) is 4.79 Å². The maximum Gasteiger partial charge on any atom is 0.253 e. The Morgan fingerprint density at radius 2 is 1.86 bits per heavy atom. The van der Waals surface area contributed by atoms with Gasteiger partial charge in [0, 0.05) is 34.2 Å². The normalized spacial score (nSPS) is 16.2. The molecular formula is C15H20Br2N2O2. The number of carbonyl (C=O) groups excluding carboxylic acids is 1. The summed E-state index contributed by atoms with van der Waals surface area (Å²) in [4.78, 5) is 14.4. The first-order valence-corrected chi connectivity index (χ1v) is 8.76. The number of nitrogens with zero attached hydrogens (tertiary/aromatic N) is 1. The van der Waals surface area contributed by atoms with Gasteiger partial charge in [0.15, 0.2) is 0 Å². The lowest BCUT2D eigenvalue weighted by molar-refractivity contribution is 0.00844. The first-order valence-electron chi connectivity index (χ1n) is 7.17. The minimum atomic E-state index is 0.0809. The van der Waals surface area contributed by atoms with Crippen molar-refractivity contribution in [2.45, 2.75) is 25.4 Å². The van der Waals surface area contributed by atoms with Crippen LogP contribution in [0.25, 0.3) is 0 Å². The fourth-order valence-electron chi connectivity index (χ4n) is 2.42. The molecule has 1 aliphatic heterocycles. The Morgan fingerprint density at radius 1 is 1.24 bits per heavy atom. The first kappa shape index (κ1) is 16.9. The molecule has 0 unspecified atom stereocenters. The number of ether oxygens (including phenoxy) is 1. The van der Waals surface area contributed by atoms with Crippen LogP contribution >= 0.6 is 31.9 Å². The minimum absolute atomic E-state index is 0.0809. The van der Waals surface area contributed by atoms with Crippen molar-refractivity contribution in [2.75, 3.05) is 26.2 Å². The molecule has 0 atom stereocenters. The average molecular weight is 420 g/mol. The molecule has 0 saturated carbocycles. The molecule has 1 amide bonds. The number of nitrogens with two attached hydrogens (primary N) is 1. The summed E-state index contributed by atoms with van der Waals surface area (Å²) < 4.78 is 7.57. The van der Waals surface area contributed by atoms with Crippen LogP contribution in [-0.4, -0.2) is 43.2 Å². The summed E-state index contributed by atoms with van der Waals surface area (Å²) in [6.07, 6.45) is 2.94. The van der Waals surface area contributed by atoms with Crippen molar-refractivity contribution < 1.29 is 9.53 Å². The largest absolute Gasteiger partial charge is 0.378 e. The molecule has 1 heterocycles. The zero-order valence-corrected chi connectivity index (χ0v) is 15.0. The molecular weight excluding hydrogens is 400 g/mol. The van der Waals surface area contributed by atoms with E-state index in [1.807, 2.05) is 23.1 Å². The monoisotopic (exact) mass is 418 g/mol. The molecule has 0 radical (unpaired) electrons. The van der Waals surface area contributed by atoms with Crippen LogP contribution in [0.2, 0.25) is 0 Å². The van der Waals surface area contributed by atoms with E-state index in [4.69, 9.17) is 10.5 Å². The van der Waals surface area contributed by atoms with Crippen LogP contribution in [0.5, 0.6) is 0 Å². The van der Waals surface area contributed by atoms with Gasteiger partial charge in [0.25, 0.3) is 5.91 Å². The maximum atomic E-state index is 12.5. The zero-order chi connectivity index (χ0) is 15.2. The highest BCUT2D eigenvalue weighted by atomic mass is 79.9. The van der Waals surface area contributed by atoms with Crippen molar-refractivity contribution in [3.8, 4) is 0 Å². The van der Waals surface area contributed by atoms with Crippen LogP contribution < -0.4 is 5.73 Å². The third-order valence-electron chi connectivity index (χ3n) is 3.54. The van der Waals surface area contributed by atoms with Crippen LogP contribution in [0.1, 0.15) is 29.6 Å². The van der Waals surface area contributed by atoms with Gasteiger partial charge in [-0.25, -0.2) is 0 Å². The van der Waals surface area contributed by atoms with Gasteiger partial charge in [-0.05, 0) is 44.0 Å². The van der Waals surface area contributed by atoms with E-state index < -0.39 is 0 Å². The third kappa shape index (κ3) is 5.06. The number of amides is 1. The molecule has 0 aliphatic carbocycles. The van der Waals surface area contributed by atoms with Gasteiger partial charge in [-0.3, -0.25) is 4.79 Å². The van der Waals surface area contributed by atoms with E-state index >= 15 is 0 Å². The van der Waals surface area contributed by atoms with E-state index in [1.54, 1.807) is 0 Å². The molecule has 116 valence electrons. The Morgan fingerprint density at radius 3 is 2.43 bits per heavy atom. The summed E-state index contributed by atoms with van der Waals surface area (Å²) in [6.45, 7) is 2.87. The Bertz CT molecular complexity index is 468. The molecule has 6 heteroatoms. The number of rotatable bonds is 5. The molecule has 2 rings (SSSR count).